The van der Waals surface area contributed by atoms with E-state index in [2.05, 4.69) is 0 Å². The van der Waals surface area contributed by atoms with E-state index < -0.39 is 11.7 Å². The van der Waals surface area contributed by atoms with Crippen molar-refractivity contribution in [2.75, 3.05) is 0 Å². The molecule has 0 saturated carbocycles. The van der Waals surface area contributed by atoms with Crippen molar-refractivity contribution in [1.82, 2.24) is 0 Å². The van der Waals surface area contributed by atoms with Crippen LogP contribution < -0.4 is 2.93 Å². The van der Waals surface area contributed by atoms with E-state index in [1.54, 1.807) is 12.1 Å². The number of benzene rings is 1. The van der Waals surface area contributed by atoms with Crippen molar-refractivity contribution in [3.05, 3.63) is 29.8 Å². The zero-order valence-electron chi connectivity index (χ0n) is 6.80. The molecule has 14 heavy (non-hydrogen) atoms. The van der Waals surface area contributed by atoms with Crippen LogP contribution in [0.15, 0.2) is 24.3 Å². The molecule has 1 aromatic carbocycles. The van der Waals surface area contributed by atoms with Crippen molar-refractivity contribution in [3.8, 4) is 0 Å². The fraction of sp³-hybridized carbons (Fsp3) is 0.111. The third-order valence-electron chi connectivity index (χ3n) is 1.84. The van der Waals surface area contributed by atoms with Crippen molar-refractivity contribution >= 4 is 46.6 Å². The van der Waals surface area contributed by atoms with Gasteiger partial charge in [0.2, 0.25) is 0 Å². The molecule has 1 heterocycles. The van der Waals surface area contributed by atoms with E-state index in [-0.39, 0.29) is 0 Å². The molecule has 0 aliphatic heterocycles. The Morgan fingerprint density at radius 3 is 2.57 bits per heavy atom. The zero-order valence-corrected chi connectivity index (χ0v) is 10.2. The van der Waals surface area contributed by atoms with E-state index >= 15 is 0 Å². The summed E-state index contributed by atoms with van der Waals surface area (Å²) in [7, 11) is 0. The number of halogens is 3. The molecule has 0 fully saturated rings. The van der Waals surface area contributed by atoms with E-state index in [0.717, 1.165) is 8.99 Å². The van der Waals surface area contributed by atoms with Crippen LogP contribution in [0.25, 0.3) is 10.1 Å². The number of hydrogen-bond donors (Lipinski definition) is 0. The Balaban J connectivity index is 2.77. The molecule has 5 heteroatoms. The summed E-state index contributed by atoms with van der Waals surface area (Å²) in [5, 5.41) is 0.681. The second kappa shape index (κ2) is 3.41. The summed E-state index contributed by atoms with van der Waals surface area (Å²) >= 11 is 2.65. The van der Waals surface area contributed by atoms with Crippen LogP contribution in [-0.4, -0.2) is 22.3 Å². The van der Waals surface area contributed by atoms with Crippen LogP contribution >= 0.6 is 11.3 Å². The van der Waals surface area contributed by atoms with Gasteiger partial charge in [-0.05, 0) is 0 Å². The Labute approximate surface area is 95.6 Å². The van der Waals surface area contributed by atoms with Crippen molar-refractivity contribution in [3.63, 3.8) is 0 Å². The maximum absolute atomic E-state index is 12.5. The number of fused-ring (bicyclic) bond motifs is 1. The number of rotatable bonds is 0. The van der Waals surface area contributed by atoms with Crippen LogP contribution in [0.2, 0.25) is 0 Å². The fourth-order valence-electron chi connectivity index (χ4n) is 1.27. The summed E-state index contributed by atoms with van der Waals surface area (Å²) in [6, 6.07) is 6.08. The van der Waals surface area contributed by atoms with E-state index in [1.165, 1.54) is 39.7 Å². The quantitative estimate of drug-likeness (QED) is 0.651. The summed E-state index contributed by atoms with van der Waals surface area (Å²) < 4.78 is 38.9. The molecule has 0 atom stereocenters. The van der Waals surface area contributed by atoms with Crippen LogP contribution in [0, 0.1) is 0 Å². The Kier molecular flexibility index (Phi) is 2.50. The predicted molar refractivity (Wildman–Crippen MR) is 53.6 cm³/mol. The average Bonchev–Trinajstić information content (AvgIpc) is 2.41. The fourth-order valence-corrected chi connectivity index (χ4v) is 3.38. The third-order valence-corrected chi connectivity index (χ3v) is 3.97. The minimum atomic E-state index is -4.25. The molecular formula is C9H5F3STe. The van der Waals surface area contributed by atoms with Gasteiger partial charge in [-0.3, -0.25) is 0 Å². The van der Waals surface area contributed by atoms with Gasteiger partial charge in [-0.25, -0.2) is 0 Å². The molecule has 0 aliphatic carbocycles. The predicted octanol–water partition coefficient (Wildman–Crippen LogP) is 2.45. The van der Waals surface area contributed by atoms with Gasteiger partial charge in [-0.1, -0.05) is 0 Å². The van der Waals surface area contributed by atoms with Gasteiger partial charge in [0.1, 0.15) is 0 Å². The molecule has 0 radical (unpaired) electrons. The molecule has 2 rings (SSSR count). The number of alkyl halides is 3. The zero-order chi connectivity index (χ0) is 10.3. The van der Waals surface area contributed by atoms with Gasteiger partial charge < -0.3 is 0 Å². The minimum absolute atomic E-state index is 0.344. The van der Waals surface area contributed by atoms with Gasteiger partial charge in [0.25, 0.3) is 0 Å². The Morgan fingerprint density at radius 2 is 1.93 bits per heavy atom. The average molecular weight is 330 g/mol. The monoisotopic (exact) mass is 332 g/mol. The Hall–Kier alpha value is -0.240. The second-order valence-corrected chi connectivity index (χ2v) is 6.14. The Bertz CT molecular complexity index is 472. The summed E-state index contributed by atoms with van der Waals surface area (Å²) in [6.07, 6.45) is -4.25. The first-order valence-electron chi connectivity index (χ1n) is 3.77. The molecule has 2 aromatic rings. The molecule has 0 bridgehead atoms. The van der Waals surface area contributed by atoms with Crippen molar-refractivity contribution in [1.29, 1.82) is 0 Å². The second-order valence-electron chi connectivity index (χ2n) is 2.81. The van der Waals surface area contributed by atoms with Gasteiger partial charge in [-0.15, -0.1) is 0 Å². The van der Waals surface area contributed by atoms with Crippen LogP contribution in [0.3, 0.4) is 0 Å². The topological polar surface area (TPSA) is 0 Å². The Morgan fingerprint density at radius 1 is 1.21 bits per heavy atom. The van der Waals surface area contributed by atoms with Gasteiger partial charge >= 0.3 is 95.8 Å². The molecule has 0 N–H and O–H groups in total. The first-order valence-corrected chi connectivity index (χ1v) is 5.86. The standard InChI is InChI=1S/C9H5F3STe/c10-9(11,12)6-3-1-2-5-4-7(14)13-8(5)6/h1-4,14H. The summed E-state index contributed by atoms with van der Waals surface area (Å²) in [6.45, 7) is 0. The van der Waals surface area contributed by atoms with Crippen LogP contribution in [-0.2, 0) is 6.18 Å². The number of hydrogen-bond acceptors (Lipinski definition) is 1. The molecule has 0 nitrogen and oxygen atoms in total. The molecule has 0 saturated heterocycles. The third kappa shape index (κ3) is 1.77. The van der Waals surface area contributed by atoms with Gasteiger partial charge in [0.05, 0.1) is 0 Å². The van der Waals surface area contributed by atoms with Crippen molar-refractivity contribution in [2.24, 2.45) is 0 Å². The van der Waals surface area contributed by atoms with E-state index in [1.807, 2.05) is 0 Å². The molecule has 0 amide bonds. The van der Waals surface area contributed by atoms with Crippen molar-refractivity contribution in [2.45, 2.75) is 6.18 Å². The summed E-state index contributed by atoms with van der Waals surface area (Å²) in [4.78, 5) is 0. The molecule has 0 aliphatic rings. The molecule has 1 aromatic heterocycles. The summed E-state index contributed by atoms with van der Waals surface area (Å²) in [5.74, 6) is 0. The van der Waals surface area contributed by atoms with Gasteiger partial charge in [-0.2, -0.15) is 0 Å². The first kappa shape index (κ1) is 10.3. The molecular weight excluding hydrogens is 325 g/mol. The maximum atomic E-state index is 12.5. The van der Waals surface area contributed by atoms with Crippen LogP contribution in [0.1, 0.15) is 5.56 Å². The normalized spacial score (nSPS) is 12.3. The van der Waals surface area contributed by atoms with E-state index in [9.17, 15) is 13.2 Å². The van der Waals surface area contributed by atoms with E-state index in [4.69, 9.17) is 0 Å². The molecule has 74 valence electrons. The van der Waals surface area contributed by atoms with Gasteiger partial charge in [0, 0.05) is 0 Å². The number of thiophene rings is 1. The molecule has 0 spiro atoms. The first-order chi connectivity index (χ1) is 6.48. The van der Waals surface area contributed by atoms with Crippen molar-refractivity contribution < 1.29 is 13.2 Å². The summed E-state index contributed by atoms with van der Waals surface area (Å²) in [5.41, 5.74) is -0.526. The molecule has 0 unspecified atom stereocenters. The van der Waals surface area contributed by atoms with Crippen LogP contribution in [0.4, 0.5) is 13.2 Å². The van der Waals surface area contributed by atoms with Crippen LogP contribution in [0.5, 0.6) is 0 Å². The SMILES string of the molecule is FC(F)(F)c1cccc2cc([TeH])sc12. The van der Waals surface area contributed by atoms with E-state index in [0.29, 0.717) is 10.1 Å². The van der Waals surface area contributed by atoms with Gasteiger partial charge in [0.15, 0.2) is 0 Å².